The van der Waals surface area contributed by atoms with Crippen LogP contribution in [0.1, 0.15) is 5.56 Å². The Labute approximate surface area is 138 Å². The minimum Gasteiger partial charge on any atom is -0.360 e. The van der Waals surface area contributed by atoms with Crippen molar-refractivity contribution in [3.63, 3.8) is 0 Å². The average molecular weight is 330 g/mol. The number of amides is 1. The topological polar surface area (TPSA) is 64.9 Å². The first kappa shape index (κ1) is 16.5. The molecule has 116 valence electrons. The maximum Gasteiger partial charge on any atom is 0.267 e. The van der Waals surface area contributed by atoms with Crippen molar-refractivity contribution in [1.29, 1.82) is 5.26 Å². The Balaban J connectivity index is 2.10. The van der Waals surface area contributed by atoms with Crippen LogP contribution in [-0.4, -0.2) is 5.91 Å². The number of nitrogens with one attached hydrogen (secondary N) is 2. The lowest BCUT2D eigenvalue weighted by Gasteiger charge is -2.07. The van der Waals surface area contributed by atoms with Gasteiger partial charge in [0.1, 0.15) is 17.5 Å². The summed E-state index contributed by atoms with van der Waals surface area (Å²) in [6.07, 6.45) is 1.31. The number of rotatable bonds is 4. The summed E-state index contributed by atoms with van der Waals surface area (Å²) in [4.78, 5) is 12.0. The van der Waals surface area contributed by atoms with Crippen molar-refractivity contribution in [3.05, 3.63) is 70.6 Å². The molecule has 0 radical (unpaired) electrons. The van der Waals surface area contributed by atoms with Gasteiger partial charge in [-0.3, -0.25) is 4.79 Å². The molecule has 1 amide bonds. The Kier molecular flexibility index (Phi) is 5.34. The van der Waals surface area contributed by atoms with E-state index in [1.807, 2.05) is 13.0 Å². The smallest absolute Gasteiger partial charge is 0.267 e. The zero-order valence-corrected chi connectivity index (χ0v) is 13.0. The van der Waals surface area contributed by atoms with Gasteiger partial charge in [-0.1, -0.05) is 11.6 Å². The molecule has 0 aliphatic heterocycles. The SMILES string of the molecule is Cc1cc(Cl)ccc1N/C=C(/C#N)C(=O)Nc1ccc(F)cc1. The fourth-order valence-electron chi connectivity index (χ4n) is 1.82. The molecule has 0 atom stereocenters. The second-order valence-electron chi connectivity index (χ2n) is 4.73. The fourth-order valence-corrected chi connectivity index (χ4v) is 2.05. The van der Waals surface area contributed by atoms with E-state index in [0.717, 1.165) is 11.3 Å². The summed E-state index contributed by atoms with van der Waals surface area (Å²) >= 11 is 5.87. The number of carbonyl (C=O) groups is 1. The van der Waals surface area contributed by atoms with Crippen LogP contribution in [0.25, 0.3) is 0 Å². The molecule has 0 bridgehead atoms. The lowest BCUT2D eigenvalue weighted by molar-refractivity contribution is -0.112. The molecule has 6 heteroatoms. The minimum atomic E-state index is -0.585. The number of nitrogens with zero attached hydrogens (tertiary/aromatic N) is 1. The van der Waals surface area contributed by atoms with E-state index < -0.39 is 11.7 Å². The van der Waals surface area contributed by atoms with Gasteiger partial charge >= 0.3 is 0 Å². The van der Waals surface area contributed by atoms with Crippen LogP contribution in [0.15, 0.2) is 54.2 Å². The summed E-state index contributed by atoms with van der Waals surface area (Å²) < 4.78 is 12.8. The Morgan fingerprint density at radius 1 is 1.26 bits per heavy atom. The van der Waals surface area contributed by atoms with Gasteiger partial charge in [-0.25, -0.2) is 4.39 Å². The summed E-state index contributed by atoms with van der Waals surface area (Å²) in [7, 11) is 0. The predicted octanol–water partition coefficient (Wildman–Crippen LogP) is 4.25. The summed E-state index contributed by atoms with van der Waals surface area (Å²) in [6, 6.07) is 12.3. The van der Waals surface area contributed by atoms with E-state index in [2.05, 4.69) is 10.6 Å². The second kappa shape index (κ2) is 7.43. The maximum absolute atomic E-state index is 12.8. The molecule has 2 aromatic carbocycles. The highest BCUT2D eigenvalue weighted by Gasteiger charge is 2.09. The first-order valence-corrected chi connectivity index (χ1v) is 7.07. The molecule has 0 heterocycles. The van der Waals surface area contributed by atoms with Crippen LogP contribution < -0.4 is 10.6 Å². The van der Waals surface area contributed by atoms with Crippen molar-refractivity contribution < 1.29 is 9.18 Å². The third-order valence-electron chi connectivity index (χ3n) is 3.03. The Bertz CT molecular complexity index is 794. The zero-order valence-electron chi connectivity index (χ0n) is 12.2. The minimum absolute atomic E-state index is 0.108. The Morgan fingerprint density at radius 3 is 2.57 bits per heavy atom. The Hall–Kier alpha value is -2.84. The largest absolute Gasteiger partial charge is 0.360 e. The number of benzene rings is 2. The highest BCUT2D eigenvalue weighted by atomic mass is 35.5. The van der Waals surface area contributed by atoms with Gasteiger partial charge in [0.2, 0.25) is 0 Å². The summed E-state index contributed by atoms with van der Waals surface area (Å²) in [5.74, 6) is -0.989. The van der Waals surface area contributed by atoms with Crippen LogP contribution in [0.5, 0.6) is 0 Å². The van der Waals surface area contributed by atoms with Gasteiger partial charge in [-0.15, -0.1) is 0 Å². The van der Waals surface area contributed by atoms with Gasteiger partial charge in [0, 0.05) is 22.6 Å². The van der Waals surface area contributed by atoms with Gasteiger partial charge < -0.3 is 10.6 Å². The zero-order chi connectivity index (χ0) is 16.8. The van der Waals surface area contributed by atoms with E-state index in [1.54, 1.807) is 18.2 Å². The highest BCUT2D eigenvalue weighted by Crippen LogP contribution is 2.20. The van der Waals surface area contributed by atoms with Gasteiger partial charge in [0.25, 0.3) is 5.91 Å². The number of hydrogen-bond acceptors (Lipinski definition) is 3. The monoisotopic (exact) mass is 329 g/mol. The molecular formula is C17H13ClFN3O. The van der Waals surface area contributed by atoms with Crippen LogP contribution in [0.3, 0.4) is 0 Å². The van der Waals surface area contributed by atoms with E-state index >= 15 is 0 Å². The van der Waals surface area contributed by atoms with E-state index in [0.29, 0.717) is 10.7 Å². The molecule has 0 saturated carbocycles. The molecular weight excluding hydrogens is 317 g/mol. The molecule has 2 N–H and O–H groups in total. The quantitative estimate of drug-likeness (QED) is 0.651. The van der Waals surface area contributed by atoms with E-state index in [1.165, 1.54) is 30.5 Å². The average Bonchev–Trinajstić information content (AvgIpc) is 2.52. The maximum atomic E-state index is 12.8. The van der Waals surface area contributed by atoms with Crippen LogP contribution in [0.4, 0.5) is 15.8 Å². The van der Waals surface area contributed by atoms with Crippen molar-refractivity contribution in [2.45, 2.75) is 6.92 Å². The Morgan fingerprint density at radius 2 is 1.96 bits per heavy atom. The number of hydrogen-bond donors (Lipinski definition) is 2. The third kappa shape index (κ3) is 4.56. The highest BCUT2D eigenvalue weighted by molar-refractivity contribution is 6.30. The third-order valence-corrected chi connectivity index (χ3v) is 3.26. The van der Waals surface area contributed by atoms with Crippen LogP contribution in [-0.2, 0) is 4.79 Å². The van der Waals surface area contributed by atoms with Crippen molar-refractivity contribution in [3.8, 4) is 6.07 Å². The molecule has 0 spiro atoms. The molecule has 0 aliphatic rings. The fraction of sp³-hybridized carbons (Fsp3) is 0.0588. The van der Waals surface area contributed by atoms with E-state index in [4.69, 9.17) is 16.9 Å². The number of carbonyl (C=O) groups excluding carboxylic acids is 1. The van der Waals surface area contributed by atoms with E-state index in [9.17, 15) is 9.18 Å². The van der Waals surface area contributed by atoms with Crippen LogP contribution >= 0.6 is 11.6 Å². The normalized spacial score (nSPS) is 10.8. The molecule has 2 rings (SSSR count). The predicted molar refractivity (Wildman–Crippen MR) is 88.5 cm³/mol. The summed E-state index contributed by atoms with van der Waals surface area (Å²) in [5, 5.41) is 15.1. The summed E-state index contributed by atoms with van der Waals surface area (Å²) in [6.45, 7) is 1.85. The lowest BCUT2D eigenvalue weighted by atomic mass is 10.2. The second-order valence-corrected chi connectivity index (χ2v) is 5.17. The molecule has 0 aliphatic carbocycles. The number of halogens is 2. The van der Waals surface area contributed by atoms with Crippen LogP contribution in [0.2, 0.25) is 5.02 Å². The first-order valence-electron chi connectivity index (χ1n) is 6.69. The van der Waals surface area contributed by atoms with Crippen molar-refractivity contribution in [2.24, 2.45) is 0 Å². The molecule has 0 unspecified atom stereocenters. The molecule has 2 aromatic rings. The van der Waals surface area contributed by atoms with Gasteiger partial charge in [-0.2, -0.15) is 5.26 Å². The molecule has 0 aromatic heterocycles. The van der Waals surface area contributed by atoms with Gasteiger partial charge in [-0.05, 0) is 55.0 Å². The van der Waals surface area contributed by atoms with Crippen molar-refractivity contribution >= 4 is 28.9 Å². The number of nitriles is 1. The van der Waals surface area contributed by atoms with E-state index in [-0.39, 0.29) is 5.57 Å². The standard InChI is InChI=1S/C17H13ClFN3O/c1-11-8-13(18)2-7-16(11)21-10-12(9-20)17(23)22-15-5-3-14(19)4-6-15/h2-8,10,21H,1H3,(H,22,23)/b12-10-. The van der Waals surface area contributed by atoms with Gasteiger partial charge in [0.15, 0.2) is 0 Å². The van der Waals surface area contributed by atoms with Gasteiger partial charge in [0.05, 0.1) is 0 Å². The molecule has 23 heavy (non-hydrogen) atoms. The number of aryl methyl sites for hydroxylation is 1. The first-order chi connectivity index (χ1) is 11.0. The number of anilines is 2. The van der Waals surface area contributed by atoms with Crippen molar-refractivity contribution in [2.75, 3.05) is 10.6 Å². The van der Waals surface area contributed by atoms with Crippen LogP contribution in [0, 0.1) is 24.1 Å². The molecule has 0 saturated heterocycles. The van der Waals surface area contributed by atoms with Crippen molar-refractivity contribution in [1.82, 2.24) is 0 Å². The lowest BCUT2D eigenvalue weighted by Crippen LogP contribution is -2.14. The summed E-state index contributed by atoms with van der Waals surface area (Å²) in [5.41, 5.74) is 1.91. The molecule has 0 fully saturated rings. The molecule has 4 nitrogen and oxygen atoms in total.